The Balaban J connectivity index is 1.33. The van der Waals surface area contributed by atoms with Crippen molar-refractivity contribution in [2.24, 2.45) is 0 Å². The molecular formula is C39H53N9O5Si. The molecule has 1 aromatic carbocycles. The fourth-order valence-corrected chi connectivity index (χ4v) is 7.88. The van der Waals surface area contributed by atoms with E-state index in [1.54, 1.807) is 6.33 Å². The van der Waals surface area contributed by atoms with Gasteiger partial charge in [-0.1, -0.05) is 57.7 Å². The van der Waals surface area contributed by atoms with E-state index in [9.17, 15) is 14.7 Å². The molecule has 14 nitrogen and oxygen atoms in total. The number of likely N-dealkylation sites (tertiary alicyclic amines) is 1. The summed E-state index contributed by atoms with van der Waals surface area (Å²) in [4.78, 5) is 39.9. The Morgan fingerprint density at radius 1 is 1.09 bits per heavy atom. The molecule has 0 aliphatic carbocycles. The third kappa shape index (κ3) is 8.11. The maximum Gasteiger partial charge on any atom is 0.407 e. The Labute approximate surface area is 317 Å². The highest BCUT2D eigenvalue weighted by molar-refractivity contribution is 6.76. The van der Waals surface area contributed by atoms with Crippen molar-refractivity contribution in [3.63, 3.8) is 0 Å². The fraction of sp³-hybridized carbons (Fsp3) is 0.513. The van der Waals surface area contributed by atoms with Gasteiger partial charge in [0.05, 0.1) is 29.2 Å². The van der Waals surface area contributed by atoms with E-state index in [1.807, 2.05) is 53.7 Å². The SMILES string of the molecule is Cc1cc(-c2ncnc3c2cc(-c2c(C)nn(C4CCN(C(=O)O)CC4)c2C)n3COCC[Si](C)(C)C)ccc1C(C)NC(=O)c1nc(C(C)(C)C)no1. The van der Waals surface area contributed by atoms with Gasteiger partial charge in [-0.2, -0.15) is 10.1 Å². The van der Waals surface area contributed by atoms with Crippen LogP contribution < -0.4 is 5.32 Å². The minimum absolute atomic E-state index is 0.0613. The van der Waals surface area contributed by atoms with Crippen molar-refractivity contribution in [3.8, 4) is 22.5 Å². The Bertz CT molecular complexity index is 2170. The molecule has 0 radical (unpaired) electrons. The van der Waals surface area contributed by atoms with Gasteiger partial charge in [-0.05, 0) is 69.8 Å². The highest BCUT2D eigenvalue weighted by Gasteiger charge is 2.29. The zero-order valence-corrected chi connectivity index (χ0v) is 34.1. The van der Waals surface area contributed by atoms with Crippen LogP contribution in [0, 0.1) is 20.8 Å². The monoisotopic (exact) mass is 755 g/mol. The first-order chi connectivity index (χ1) is 25.4. The van der Waals surface area contributed by atoms with Crippen molar-refractivity contribution in [1.82, 2.24) is 44.7 Å². The first-order valence-corrected chi connectivity index (χ1v) is 22.4. The summed E-state index contributed by atoms with van der Waals surface area (Å²) >= 11 is 0. The van der Waals surface area contributed by atoms with E-state index in [-0.39, 0.29) is 23.4 Å². The summed E-state index contributed by atoms with van der Waals surface area (Å²) in [6.07, 6.45) is 2.14. The van der Waals surface area contributed by atoms with E-state index < -0.39 is 20.1 Å². The van der Waals surface area contributed by atoms with Gasteiger partial charge in [0.1, 0.15) is 18.7 Å². The average Bonchev–Trinajstić information content (AvgIpc) is 3.82. The molecule has 1 aliphatic rings. The molecule has 1 saturated heterocycles. The third-order valence-corrected chi connectivity index (χ3v) is 11.9. The number of nitrogens with one attached hydrogen (secondary N) is 1. The second-order valence-electron chi connectivity index (χ2n) is 16.7. The summed E-state index contributed by atoms with van der Waals surface area (Å²) in [7, 11) is -1.31. The van der Waals surface area contributed by atoms with Crippen LogP contribution in [-0.4, -0.2) is 84.2 Å². The van der Waals surface area contributed by atoms with Crippen LogP contribution in [0.25, 0.3) is 33.5 Å². The van der Waals surface area contributed by atoms with Crippen LogP contribution in [0.5, 0.6) is 0 Å². The molecule has 1 unspecified atom stereocenters. The number of aromatic nitrogens is 7. The average molecular weight is 756 g/mol. The lowest BCUT2D eigenvalue weighted by atomic mass is 9.96. The number of nitrogens with zero attached hydrogens (tertiary/aromatic N) is 8. The van der Waals surface area contributed by atoms with Gasteiger partial charge >= 0.3 is 17.9 Å². The number of hydrogen-bond donors (Lipinski definition) is 2. The summed E-state index contributed by atoms with van der Waals surface area (Å²) < 4.78 is 15.8. The lowest BCUT2D eigenvalue weighted by Gasteiger charge is -2.30. The summed E-state index contributed by atoms with van der Waals surface area (Å²) in [5.74, 6) is -0.00891. The fourth-order valence-electron chi connectivity index (χ4n) is 7.12. The Kier molecular flexibility index (Phi) is 10.8. The molecule has 6 rings (SSSR count). The summed E-state index contributed by atoms with van der Waals surface area (Å²) in [6.45, 7) is 22.9. The molecule has 1 fully saturated rings. The second-order valence-corrected chi connectivity index (χ2v) is 22.3. The lowest BCUT2D eigenvalue weighted by Crippen LogP contribution is -2.38. The van der Waals surface area contributed by atoms with E-state index >= 15 is 0 Å². The van der Waals surface area contributed by atoms with Crippen LogP contribution in [-0.2, 0) is 16.9 Å². The van der Waals surface area contributed by atoms with Gasteiger partial charge in [-0.3, -0.25) is 9.48 Å². The summed E-state index contributed by atoms with van der Waals surface area (Å²) in [5.41, 5.74) is 7.96. The largest absolute Gasteiger partial charge is 0.465 e. The standard InChI is InChI=1S/C39H53N9O5Si/c1-23-19-27(11-12-29(23)24(2)42-35(49)36-43-37(45-53-36)39(5,6)7)33-30-20-31(47(34(30)41-21-40-33)22-52-17-18-54(8,9)10)32-25(3)44-48(26(32)4)28-13-15-46(16-14-28)38(50)51/h11-12,19-21,24,28H,13-18,22H2,1-10H3,(H,42,49)(H,50,51). The zero-order chi connectivity index (χ0) is 39.1. The molecule has 288 valence electrons. The maximum atomic E-state index is 13.0. The minimum atomic E-state index is -1.31. The molecule has 1 atom stereocenters. The molecule has 5 aromatic rings. The first kappa shape index (κ1) is 38.8. The predicted molar refractivity (Wildman–Crippen MR) is 209 cm³/mol. The second kappa shape index (κ2) is 15.1. The highest BCUT2D eigenvalue weighted by Crippen LogP contribution is 2.38. The normalized spacial score (nSPS) is 14.9. The number of fused-ring (bicyclic) bond motifs is 1. The summed E-state index contributed by atoms with van der Waals surface area (Å²) in [5, 5.41) is 22.4. The Morgan fingerprint density at radius 2 is 1.81 bits per heavy atom. The minimum Gasteiger partial charge on any atom is -0.465 e. The van der Waals surface area contributed by atoms with E-state index in [0.29, 0.717) is 45.1 Å². The number of carboxylic acid groups (broad SMARTS) is 1. The van der Waals surface area contributed by atoms with Gasteiger partial charge in [0.15, 0.2) is 5.82 Å². The molecule has 0 spiro atoms. The van der Waals surface area contributed by atoms with Gasteiger partial charge < -0.3 is 29.2 Å². The van der Waals surface area contributed by atoms with Crippen molar-refractivity contribution < 1.29 is 24.0 Å². The van der Waals surface area contributed by atoms with Crippen LogP contribution in [0.15, 0.2) is 35.1 Å². The molecule has 4 aromatic heterocycles. The number of carbonyl (C=O) groups excluding carboxylic acids is 1. The predicted octanol–water partition coefficient (Wildman–Crippen LogP) is 7.69. The first-order valence-electron chi connectivity index (χ1n) is 18.6. The molecular weight excluding hydrogens is 703 g/mol. The van der Waals surface area contributed by atoms with Crippen molar-refractivity contribution >= 4 is 31.1 Å². The van der Waals surface area contributed by atoms with Gasteiger partial charge in [0, 0.05) is 55.4 Å². The van der Waals surface area contributed by atoms with Crippen LogP contribution >= 0.6 is 0 Å². The molecule has 1 aliphatic heterocycles. The zero-order valence-electron chi connectivity index (χ0n) is 33.1. The van der Waals surface area contributed by atoms with Crippen LogP contribution in [0.2, 0.25) is 25.7 Å². The third-order valence-electron chi connectivity index (χ3n) is 10.2. The number of amides is 2. The van der Waals surface area contributed by atoms with Gasteiger partial charge in [-0.15, -0.1) is 0 Å². The van der Waals surface area contributed by atoms with E-state index in [0.717, 1.165) is 62.1 Å². The highest BCUT2D eigenvalue weighted by atomic mass is 28.3. The van der Waals surface area contributed by atoms with Gasteiger partial charge in [0.25, 0.3) is 0 Å². The van der Waals surface area contributed by atoms with Crippen LogP contribution in [0.1, 0.15) is 91.6 Å². The number of ether oxygens (including phenoxy) is 1. The quantitative estimate of drug-likeness (QED) is 0.101. The van der Waals surface area contributed by atoms with Crippen molar-refractivity contribution in [2.45, 2.75) is 111 Å². The number of hydrogen-bond acceptors (Lipinski definition) is 9. The van der Waals surface area contributed by atoms with Crippen molar-refractivity contribution in [1.29, 1.82) is 0 Å². The van der Waals surface area contributed by atoms with Crippen molar-refractivity contribution in [2.75, 3.05) is 19.7 Å². The number of aryl methyl sites for hydroxylation is 2. The number of rotatable bonds is 11. The maximum absolute atomic E-state index is 13.0. The van der Waals surface area contributed by atoms with Crippen molar-refractivity contribution in [3.05, 3.63) is 64.8 Å². The molecule has 15 heteroatoms. The molecule has 2 amide bonds. The van der Waals surface area contributed by atoms with Gasteiger partial charge in [-0.25, -0.2) is 14.8 Å². The lowest BCUT2D eigenvalue weighted by molar-refractivity contribution is 0.0894. The number of carbonyl (C=O) groups is 2. The topological polar surface area (TPSA) is 166 Å². The molecule has 0 saturated carbocycles. The summed E-state index contributed by atoms with van der Waals surface area (Å²) in [6, 6.07) is 9.11. The molecule has 0 bridgehead atoms. The van der Waals surface area contributed by atoms with E-state index in [2.05, 4.69) is 63.4 Å². The molecule has 2 N–H and O–H groups in total. The number of piperidine rings is 1. The Hall–Kier alpha value is -4.89. The van der Waals surface area contributed by atoms with Crippen LogP contribution in [0.4, 0.5) is 4.79 Å². The van der Waals surface area contributed by atoms with Gasteiger partial charge in [0.2, 0.25) is 0 Å². The molecule has 54 heavy (non-hydrogen) atoms. The molecule has 5 heterocycles. The van der Waals surface area contributed by atoms with E-state index in [4.69, 9.17) is 24.3 Å². The Morgan fingerprint density at radius 3 is 2.44 bits per heavy atom. The smallest absolute Gasteiger partial charge is 0.407 e. The number of benzene rings is 1. The van der Waals surface area contributed by atoms with Crippen LogP contribution in [0.3, 0.4) is 0 Å². The van der Waals surface area contributed by atoms with E-state index in [1.165, 1.54) is 4.90 Å².